The van der Waals surface area contributed by atoms with Crippen molar-refractivity contribution < 1.29 is 9.05 Å². The first-order valence-electron chi connectivity index (χ1n) is 8.34. The molecule has 1 aliphatic rings. The Balaban J connectivity index is 0.00000196. The first-order valence-corrected chi connectivity index (χ1v) is 9.32. The van der Waals surface area contributed by atoms with Gasteiger partial charge in [-0.3, -0.25) is 0 Å². The Kier molecular flexibility index (Phi) is 5.41. The summed E-state index contributed by atoms with van der Waals surface area (Å²) in [6.45, 7) is 3.90. The number of nitrogens with two attached hydrogens (primary N) is 1. The summed E-state index contributed by atoms with van der Waals surface area (Å²) in [4.78, 5) is 5.65. The topological polar surface area (TPSA) is 91.0 Å². The highest BCUT2D eigenvalue weighted by molar-refractivity contribution is 7.98. The van der Waals surface area contributed by atoms with Gasteiger partial charge in [-0.1, -0.05) is 22.4 Å². The number of nitrogens with zero attached hydrogens (tertiary/aromatic N) is 3. The van der Waals surface area contributed by atoms with Crippen LogP contribution in [0.3, 0.4) is 0 Å². The third-order valence-corrected chi connectivity index (χ3v) is 5.89. The van der Waals surface area contributed by atoms with Gasteiger partial charge in [0.2, 0.25) is 0 Å². The molecule has 0 amide bonds. The number of halogens is 1. The molecule has 0 atom stereocenters. The molecule has 0 aliphatic heterocycles. The van der Waals surface area contributed by atoms with Crippen LogP contribution in [0.5, 0.6) is 0 Å². The Labute approximate surface area is 162 Å². The lowest BCUT2D eigenvalue weighted by atomic mass is 9.77. The minimum atomic E-state index is -0.416. The smallest absolute Gasteiger partial charge is 0.259 e. The van der Waals surface area contributed by atoms with Crippen LogP contribution in [0.1, 0.15) is 42.1 Å². The molecule has 138 valence electrons. The minimum Gasteiger partial charge on any atom is -0.361 e. The first kappa shape index (κ1) is 18.9. The Hall–Kier alpha value is -1.83. The molecule has 1 saturated carbocycles. The van der Waals surface area contributed by atoms with E-state index in [0.29, 0.717) is 11.7 Å². The van der Waals surface area contributed by atoms with Crippen LogP contribution in [0, 0.1) is 13.8 Å². The predicted octanol–water partition coefficient (Wildman–Crippen LogP) is 4.39. The van der Waals surface area contributed by atoms with E-state index in [1.54, 1.807) is 11.8 Å². The average Bonchev–Trinajstić information content (AvgIpc) is 3.19. The van der Waals surface area contributed by atoms with Crippen LogP contribution in [0.2, 0.25) is 0 Å². The molecule has 1 aromatic carbocycles. The lowest BCUT2D eigenvalue weighted by Crippen LogP contribution is -2.44. The van der Waals surface area contributed by atoms with Crippen LogP contribution in [0.4, 0.5) is 0 Å². The maximum absolute atomic E-state index is 6.30. The van der Waals surface area contributed by atoms with E-state index in [1.807, 2.05) is 32.0 Å². The molecule has 0 bridgehead atoms. The van der Waals surface area contributed by atoms with Gasteiger partial charge in [0.15, 0.2) is 5.82 Å². The zero-order chi connectivity index (χ0) is 17.4. The predicted molar refractivity (Wildman–Crippen MR) is 102 cm³/mol. The second-order valence-corrected chi connectivity index (χ2v) is 7.54. The van der Waals surface area contributed by atoms with Crippen molar-refractivity contribution in [2.75, 3.05) is 0 Å². The number of aryl methyl sites for hydroxylation is 2. The summed E-state index contributed by atoms with van der Waals surface area (Å²) in [5.41, 5.74) is 8.87. The van der Waals surface area contributed by atoms with Crippen molar-refractivity contribution in [1.29, 1.82) is 0 Å². The van der Waals surface area contributed by atoms with Crippen molar-refractivity contribution in [1.82, 2.24) is 15.3 Å². The van der Waals surface area contributed by atoms with Crippen molar-refractivity contribution in [3.05, 3.63) is 47.1 Å². The molecule has 8 heteroatoms. The van der Waals surface area contributed by atoms with Gasteiger partial charge < -0.3 is 14.8 Å². The van der Waals surface area contributed by atoms with Gasteiger partial charge in [-0.25, -0.2) is 0 Å². The van der Waals surface area contributed by atoms with Crippen molar-refractivity contribution in [3.63, 3.8) is 0 Å². The van der Waals surface area contributed by atoms with E-state index in [4.69, 9.17) is 14.8 Å². The Bertz CT molecular complexity index is 885. The Morgan fingerprint density at radius 3 is 2.58 bits per heavy atom. The fourth-order valence-corrected chi connectivity index (χ4v) is 4.14. The number of thioether (sulfide) groups is 1. The molecule has 6 nitrogen and oxygen atoms in total. The van der Waals surface area contributed by atoms with E-state index in [1.165, 1.54) is 0 Å². The van der Waals surface area contributed by atoms with Gasteiger partial charge in [-0.15, -0.1) is 24.2 Å². The van der Waals surface area contributed by atoms with E-state index in [0.717, 1.165) is 52.5 Å². The van der Waals surface area contributed by atoms with Gasteiger partial charge in [-0.05, 0) is 45.2 Å². The molecule has 2 aromatic heterocycles. The van der Waals surface area contributed by atoms with Crippen molar-refractivity contribution in [2.45, 2.75) is 49.3 Å². The maximum atomic E-state index is 6.30. The molecule has 4 rings (SSSR count). The maximum Gasteiger partial charge on any atom is 0.259 e. The molecular formula is C18H21ClN4O2S. The van der Waals surface area contributed by atoms with Crippen molar-refractivity contribution >= 4 is 24.2 Å². The highest BCUT2D eigenvalue weighted by Crippen LogP contribution is 2.39. The Morgan fingerprint density at radius 2 is 1.92 bits per heavy atom. The van der Waals surface area contributed by atoms with Gasteiger partial charge in [0, 0.05) is 16.2 Å². The van der Waals surface area contributed by atoms with Crippen molar-refractivity contribution in [3.8, 4) is 11.5 Å². The summed E-state index contributed by atoms with van der Waals surface area (Å²) in [6, 6.07) is 8.04. The molecule has 2 N–H and O–H groups in total. The third kappa shape index (κ3) is 3.39. The van der Waals surface area contributed by atoms with Gasteiger partial charge in [-0.2, -0.15) is 4.98 Å². The summed E-state index contributed by atoms with van der Waals surface area (Å²) < 4.78 is 10.8. The second kappa shape index (κ2) is 7.42. The summed E-state index contributed by atoms with van der Waals surface area (Å²) >= 11 is 1.71. The molecule has 0 unspecified atom stereocenters. The van der Waals surface area contributed by atoms with Crippen molar-refractivity contribution in [2.24, 2.45) is 5.73 Å². The molecule has 0 saturated heterocycles. The summed E-state index contributed by atoms with van der Waals surface area (Å²) in [5, 5.41) is 8.13. The van der Waals surface area contributed by atoms with E-state index in [2.05, 4.69) is 21.4 Å². The number of benzene rings is 1. The Morgan fingerprint density at radius 1 is 1.15 bits per heavy atom. The van der Waals surface area contributed by atoms with Gasteiger partial charge in [0.05, 0.1) is 16.8 Å². The lowest BCUT2D eigenvalue weighted by molar-refractivity contribution is 0.229. The third-order valence-electron chi connectivity index (χ3n) is 4.79. The van der Waals surface area contributed by atoms with Gasteiger partial charge in [0.1, 0.15) is 5.76 Å². The molecule has 26 heavy (non-hydrogen) atoms. The van der Waals surface area contributed by atoms with Crippen LogP contribution in [-0.2, 0) is 11.3 Å². The number of hydrogen-bond acceptors (Lipinski definition) is 7. The number of hydrogen-bond donors (Lipinski definition) is 1. The quantitative estimate of drug-likeness (QED) is 0.643. The van der Waals surface area contributed by atoms with Gasteiger partial charge in [0.25, 0.3) is 5.89 Å². The SMILES string of the molecule is Cc1noc(C)c1CSc1ccccc1-c1nc(C2(N)CCC2)no1.Cl. The van der Waals surface area contributed by atoms with Crippen LogP contribution in [-0.4, -0.2) is 15.3 Å². The normalized spacial score (nSPS) is 15.3. The molecular weight excluding hydrogens is 372 g/mol. The summed E-state index contributed by atoms with van der Waals surface area (Å²) in [5.74, 6) is 2.77. The summed E-state index contributed by atoms with van der Waals surface area (Å²) in [7, 11) is 0. The highest BCUT2D eigenvalue weighted by Gasteiger charge is 2.39. The number of rotatable bonds is 5. The number of aromatic nitrogens is 3. The van der Waals surface area contributed by atoms with E-state index >= 15 is 0 Å². The zero-order valence-corrected chi connectivity index (χ0v) is 16.3. The second-order valence-electron chi connectivity index (χ2n) is 6.52. The van der Waals surface area contributed by atoms with Crippen LogP contribution < -0.4 is 5.73 Å². The fraction of sp³-hybridized carbons (Fsp3) is 0.389. The lowest BCUT2D eigenvalue weighted by Gasteiger charge is -2.34. The van der Waals surface area contributed by atoms with Crippen LogP contribution >= 0.6 is 24.2 Å². The molecule has 1 aliphatic carbocycles. The van der Waals surface area contributed by atoms with Crippen LogP contribution in [0.15, 0.2) is 38.2 Å². The highest BCUT2D eigenvalue weighted by atomic mass is 35.5. The van der Waals surface area contributed by atoms with E-state index in [9.17, 15) is 0 Å². The largest absolute Gasteiger partial charge is 0.361 e. The average molecular weight is 393 g/mol. The molecule has 2 heterocycles. The standard InChI is InChI=1S/C18H20N4O2S.ClH/c1-11-14(12(2)23-21-11)10-25-15-7-4-3-6-13(15)16-20-17(22-24-16)18(19)8-5-9-18;/h3-4,6-7H,5,8-10,19H2,1-2H3;1H. The fourth-order valence-electron chi connectivity index (χ4n) is 2.94. The summed E-state index contributed by atoms with van der Waals surface area (Å²) in [6.07, 6.45) is 2.94. The van der Waals surface area contributed by atoms with E-state index in [-0.39, 0.29) is 12.4 Å². The minimum absolute atomic E-state index is 0. The van der Waals surface area contributed by atoms with Crippen LogP contribution in [0.25, 0.3) is 11.5 Å². The monoisotopic (exact) mass is 392 g/mol. The molecule has 0 radical (unpaired) electrons. The van der Waals surface area contributed by atoms with E-state index < -0.39 is 5.54 Å². The molecule has 1 fully saturated rings. The first-order chi connectivity index (χ1) is 12.1. The van der Waals surface area contributed by atoms with Gasteiger partial charge >= 0.3 is 0 Å². The molecule has 3 aromatic rings. The molecule has 0 spiro atoms. The zero-order valence-electron chi connectivity index (χ0n) is 14.7.